The van der Waals surface area contributed by atoms with E-state index in [9.17, 15) is 4.79 Å². The fourth-order valence-electron chi connectivity index (χ4n) is 2.72. The second kappa shape index (κ2) is 6.07. The number of hydrogen-bond donors (Lipinski definition) is 1. The Kier molecular flexibility index (Phi) is 4.09. The standard InChI is InChI=1S/C17H22N6O/c1-10(2)9-23-16-13(8-19-23)6-14(7-18-16)17(24)20-15-11(3)21-22(5)12(15)4/h6-8,10H,9H2,1-5H3,(H,20,24). The van der Waals surface area contributed by atoms with Crippen LogP contribution in [0.4, 0.5) is 5.69 Å². The number of carbonyl (C=O) groups is 1. The van der Waals surface area contributed by atoms with Crippen LogP contribution in [-0.4, -0.2) is 30.5 Å². The van der Waals surface area contributed by atoms with E-state index < -0.39 is 0 Å². The zero-order valence-corrected chi connectivity index (χ0v) is 14.7. The summed E-state index contributed by atoms with van der Waals surface area (Å²) in [4.78, 5) is 17.0. The van der Waals surface area contributed by atoms with E-state index in [-0.39, 0.29) is 5.91 Å². The first kappa shape index (κ1) is 16.2. The molecule has 7 nitrogen and oxygen atoms in total. The lowest BCUT2D eigenvalue weighted by Crippen LogP contribution is -2.14. The van der Waals surface area contributed by atoms with Crippen LogP contribution in [0.1, 0.15) is 35.6 Å². The number of aryl methyl sites for hydroxylation is 2. The number of anilines is 1. The van der Waals surface area contributed by atoms with Crippen molar-refractivity contribution in [3.05, 3.63) is 35.4 Å². The Morgan fingerprint density at radius 1 is 1.29 bits per heavy atom. The summed E-state index contributed by atoms with van der Waals surface area (Å²) >= 11 is 0. The second-order valence-electron chi connectivity index (χ2n) is 6.48. The van der Waals surface area contributed by atoms with Crippen molar-refractivity contribution < 1.29 is 4.79 Å². The predicted molar refractivity (Wildman–Crippen MR) is 93.0 cm³/mol. The van der Waals surface area contributed by atoms with Crippen LogP contribution in [0.2, 0.25) is 0 Å². The minimum absolute atomic E-state index is 0.194. The fourth-order valence-corrected chi connectivity index (χ4v) is 2.72. The van der Waals surface area contributed by atoms with E-state index in [4.69, 9.17) is 0 Å². The first-order valence-electron chi connectivity index (χ1n) is 8.00. The van der Waals surface area contributed by atoms with Crippen molar-refractivity contribution in [3.63, 3.8) is 0 Å². The molecule has 0 radical (unpaired) electrons. The molecule has 0 bridgehead atoms. The number of nitrogens with one attached hydrogen (secondary N) is 1. The summed E-state index contributed by atoms with van der Waals surface area (Å²) in [6.45, 7) is 8.87. The topological polar surface area (TPSA) is 77.6 Å². The molecule has 3 aromatic rings. The molecule has 0 aliphatic carbocycles. The Morgan fingerprint density at radius 2 is 2.04 bits per heavy atom. The van der Waals surface area contributed by atoms with E-state index in [2.05, 4.69) is 34.3 Å². The molecule has 126 valence electrons. The van der Waals surface area contributed by atoms with Crippen molar-refractivity contribution in [3.8, 4) is 0 Å². The van der Waals surface area contributed by atoms with Gasteiger partial charge in [0.05, 0.1) is 28.8 Å². The zero-order chi connectivity index (χ0) is 17.4. The number of rotatable bonds is 4. The van der Waals surface area contributed by atoms with Crippen LogP contribution < -0.4 is 5.32 Å². The third-order valence-electron chi connectivity index (χ3n) is 4.02. The number of aromatic nitrogens is 5. The molecule has 0 unspecified atom stereocenters. The summed E-state index contributed by atoms with van der Waals surface area (Å²) in [5, 5.41) is 12.5. The molecule has 1 N–H and O–H groups in total. The summed E-state index contributed by atoms with van der Waals surface area (Å²) < 4.78 is 3.62. The van der Waals surface area contributed by atoms with E-state index in [0.29, 0.717) is 11.5 Å². The lowest BCUT2D eigenvalue weighted by molar-refractivity contribution is 0.102. The Labute approximate surface area is 140 Å². The van der Waals surface area contributed by atoms with Gasteiger partial charge in [0, 0.05) is 25.2 Å². The summed E-state index contributed by atoms with van der Waals surface area (Å²) in [5.74, 6) is 0.287. The van der Waals surface area contributed by atoms with E-state index in [1.807, 2.05) is 31.6 Å². The van der Waals surface area contributed by atoms with Crippen LogP contribution in [0, 0.1) is 19.8 Å². The van der Waals surface area contributed by atoms with E-state index in [1.165, 1.54) is 0 Å². The molecule has 3 aromatic heterocycles. The van der Waals surface area contributed by atoms with Gasteiger partial charge in [-0.1, -0.05) is 13.8 Å². The molecule has 0 saturated heterocycles. The molecule has 0 spiro atoms. The zero-order valence-electron chi connectivity index (χ0n) is 14.7. The maximum absolute atomic E-state index is 12.5. The molecule has 0 aliphatic rings. The highest BCUT2D eigenvalue weighted by atomic mass is 16.1. The van der Waals surface area contributed by atoms with Crippen LogP contribution in [0.3, 0.4) is 0 Å². The van der Waals surface area contributed by atoms with Gasteiger partial charge in [-0.25, -0.2) is 9.67 Å². The van der Waals surface area contributed by atoms with Gasteiger partial charge < -0.3 is 5.32 Å². The van der Waals surface area contributed by atoms with Crippen LogP contribution in [0.25, 0.3) is 11.0 Å². The van der Waals surface area contributed by atoms with Crippen molar-refractivity contribution in [1.82, 2.24) is 24.5 Å². The van der Waals surface area contributed by atoms with Crippen LogP contribution >= 0.6 is 0 Å². The van der Waals surface area contributed by atoms with E-state index in [1.54, 1.807) is 17.1 Å². The third kappa shape index (κ3) is 2.89. The minimum atomic E-state index is -0.194. The molecule has 24 heavy (non-hydrogen) atoms. The molecule has 3 rings (SSSR count). The molecule has 0 fully saturated rings. The van der Waals surface area contributed by atoms with E-state index >= 15 is 0 Å². The Hall–Kier alpha value is -2.70. The molecule has 0 aromatic carbocycles. The van der Waals surface area contributed by atoms with Gasteiger partial charge in [0.2, 0.25) is 0 Å². The molecule has 0 saturated carbocycles. The van der Waals surface area contributed by atoms with Gasteiger partial charge in [-0.3, -0.25) is 9.48 Å². The molecule has 3 heterocycles. The van der Waals surface area contributed by atoms with Crippen molar-refractivity contribution in [2.24, 2.45) is 13.0 Å². The maximum atomic E-state index is 12.5. The van der Waals surface area contributed by atoms with Gasteiger partial charge in [0.25, 0.3) is 5.91 Å². The van der Waals surface area contributed by atoms with Crippen LogP contribution in [0.5, 0.6) is 0 Å². The molecular weight excluding hydrogens is 304 g/mol. The Balaban J connectivity index is 1.88. The van der Waals surface area contributed by atoms with Crippen LogP contribution in [-0.2, 0) is 13.6 Å². The van der Waals surface area contributed by atoms with Gasteiger partial charge in [-0.05, 0) is 25.8 Å². The summed E-state index contributed by atoms with van der Waals surface area (Å²) in [5.41, 5.74) is 3.77. The first-order valence-corrected chi connectivity index (χ1v) is 8.00. The number of hydrogen-bond acceptors (Lipinski definition) is 4. The monoisotopic (exact) mass is 326 g/mol. The largest absolute Gasteiger partial charge is 0.319 e. The van der Waals surface area contributed by atoms with Gasteiger partial charge in [-0.2, -0.15) is 10.2 Å². The quantitative estimate of drug-likeness (QED) is 0.799. The second-order valence-corrected chi connectivity index (χ2v) is 6.48. The average Bonchev–Trinajstić information content (AvgIpc) is 3.02. The smallest absolute Gasteiger partial charge is 0.257 e. The lowest BCUT2D eigenvalue weighted by Gasteiger charge is -2.07. The van der Waals surface area contributed by atoms with Crippen molar-refractivity contribution >= 4 is 22.6 Å². The molecule has 0 atom stereocenters. The average molecular weight is 326 g/mol. The predicted octanol–water partition coefficient (Wildman–Crippen LogP) is 2.69. The Morgan fingerprint density at radius 3 is 2.67 bits per heavy atom. The summed E-state index contributed by atoms with van der Waals surface area (Å²) in [6, 6.07) is 1.82. The lowest BCUT2D eigenvalue weighted by atomic mass is 10.2. The van der Waals surface area contributed by atoms with Gasteiger partial charge in [-0.15, -0.1) is 0 Å². The van der Waals surface area contributed by atoms with Crippen molar-refractivity contribution in [1.29, 1.82) is 0 Å². The first-order chi connectivity index (χ1) is 11.4. The SMILES string of the molecule is Cc1nn(C)c(C)c1NC(=O)c1cnc2c(cnn2CC(C)C)c1. The van der Waals surface area contributed by atoms with Crippen LogP contribution in [0.15, 0.2) is 18.5 Å². The highest BCUT2D eigenvalue weighted by Crippen LogP contribution is 2.20. The van der Waals surface area contributed by atoms with Crippen molar-refractivity contribution in [2.75, 3.05) is 5.32 Å². The van der Waals surface area contributed by atoms with E-state index in [0.717, 1.165) is 34.7 Å². The third-order valence-corrected chi connectivity index (χ3v) is 4.02. The number of nitrogens with zero attached hydrogens (tertiary/aromatic N) is 5. The van der Waals surface area contributed by atoms with Gasteiger partial charge >= 0.3 is 0 Å². The molecule has 7 heteroatoms. The van der Waals surface area contributed by atoms with Gasteiger partial charge in [0.1, 0.15) is 0 Å². The molecular formula is C17H22N6O. The normalized spacial score (nSPS) is 11.4. The highest BCUT2D eigenvalue weighted by molar-refractivity contribution is 6.06. The summed E-state index contributed by atoms with van der Waals surface area (Å²) in [7, 11) is 1.86. The Bertz CT molecular complexity index is 905. The minimum Gasteiger partial charge on any atom is -0.319 e. The maximum Gasteiger partial charge on any atom is 0.257 e. The van der Waals surface area contributed by atoms with Crippen molar-refractivity contribution in [2.45, 2.75) is 34.2 Å². The number of pyridine rings is 1. The number of carbonyl (C=O) groups excluding carboxylic acids is 1. The number of fused-ring (bicyclic) bond motifs is 1. The summed E-state index contributed by atoms with van der Waals surface area (Å²) in [6.07, 6.45) is 3.35. The molecule has 1 amide bonds. The highest BCUT2D eigenvalue weighted by Gasteiger charge is 2.15. The molecule has 0 aliphatic heterocycles. The fraction of sp³-hybridized carbons (Fsp3) is 0.412. The van der Waals surface area contributed by atoms with Gasteiger partial charge in [0.15, 0.2) is 5.65 Å². The number of amides is 1.